The van der Waals surface area contributed by atoms with Gasteiger partial charge in [-0.15, -0.1) is 0 Å². The Kier molecular flexibility index (Phi) is 4.03. The van der Waals surface area contributed by atoms with Gasteiger partial charge in [0.2, 0.25) is 0 Å². The number of ether oxygens (including phenoxy) is 1. The van der Waals surface area contributed by atoms with E-state index >= 15 is 0 Å². The fourth-order valence-corrected chi connectivity index (χ4v) is 3.54. The highest BCUT2D eigenvalue weighted by Gasteiger charge is 2.36. The maximum atomic E-state index is 10.4. The molecule has 1 aromatic rings. The van der Waals surface area contributed by atoms with Gasteiger partial charge in [-0.25, -0.2) is 0 Å². The largest absolute Gasteiger partial charge is 0.493 e. The number of fused-ring (bicyclic) bond motifs is 3. The van der Waals surface area contributed by atoms with E-state index in [1.165, 1.54) is 0 Å². The third-order valence-electron chi connectivity index (χ3n) is 4.23. The van der Waals surface area contributed by atoms with E-state index in [1.807, 2.05) is 25.1 Å². The number of benzene rings is 1. The van der Waals surface area contributed by atoms with Crippen LogP contribution in [0.25, 0.3) is 6.08 Å². The van der Waals surface area contributed by atoms with Gasteiger partial charge in [-0.1, -0.05) is 15.9 Å². The van der Waals surface area contributed by atoms with Crippen molar-refractivity contribution in [1.29, 1.82) is 0 Å². The number of hydrogen-bond donors (Lipinski definition) is 1. The summed E-state index contributed by atoms with van der Waals surface area (Å²) in [4.78, 5) is 2.31. The molecule has 3 aliphatic heterocycles. The molecular weight excluding hydrogens is 318 g/mol. The second kappa shape index (κ2) is 5.78. The minimum Gasteiger partial charge on any atom is -0.493 e. The molecule has 0 radical (unpaired) electrons. The lowest BCUT2D eigenvalue weighted by molar-refractivity contribution is 0.0215. The first kappa shape index (κ1) is 14.0. The third-order valence-corrected chi connectivity index (χ3v) is 4.72. The smallest absolute Gasteiger partial charge is 0.126 e. The van der Waals surface area contributed by atoms with Crippen LogP contribution < -0.4 is 4.74 Å². The van der Waals surface area contributed by atoms with Gasteiger partial charge < -0.3 is 14.7 Å². The van der Waals surface area contributed by atoms with Crippen molar-refractivity contribution in [2.75, 3.05) is 19.7 Å². The number of hydrogen-bond acceptors (Lipinski definition) is 3. The fraction of sp³-hybridized carbons (Fsp3) is 0.500. The molecule has 0 aliphatic carbocycles. The van der Waals surface area contributed by atoms with Crippen molar-refractivity contribution < 1.29 is 9.84 Å². The number of halogens is 1. The summed E-state index contributed by atoms with van der Waals surface area (Å²) in [6.45, 7) is 4.75. The van der Waals surface area contributed by atoms with E-state index in [-0.39, 0.29) is 6.10 Å². The van der Waals surface area contributed by atoms with E-state index in [2.05, 4.69) is 26.9 Å². The van der Waals surface area contributed by atoms with Crippen LogP contribution in [0.15, 0.2) is 28.4 Å². The molecule has 3 nitrogen and oxygen atoms in total. The van der Waals surface area contributed by atoms with E-state index in [0.717, 1.165) is 47.4 Å². The van der Waals surface area contributed by atoms with Gasteiger partial charge in [0.25, 0.3) is 0 Å². The van der Waals surface area contributed by atoms with Crippen molar-refractivity contribution in [3.05, 3.63) is 33.9 Å². The summed E-state index contributed by atoms with van der Waals surface area (Å²) in [7, 11) is 0. The molecule has 20 heavy (non-hydrogen) atoms. The van der Waals surface area contributed by atoms with E-state index in [9.17, 15) is 5.11 Å². The molecule has 0 aromatic heterocycles. The Hall–Kier alpha value is -1.00. The molecule has 0 spiro atoms. The highest BCUT2D eigenvalue weighted by Crippen LogP contribution is 2.37. The van der Waals surface area contributed by atoms with E-state index in [1.54, 1.807) is 0 Å². The minimum atomic E-state index is -0.328. The van der Waals surface area contributed by atoms with Crippen molar-refractivity contribution in [2.24, 2.45) is 5.92 Å². The first-order valence-corrected chi connectivity index (χ1v) is 8.05. The molecule has 0 saturated carbocycles. The molecule has 4 rings (SSSR count). The third kappa shape index (κ3) is 2.59. The van der Waals surface area contributed by atoms with E-state index < -0.39 is 0 Å². The Labute approximate surface area is 128 Å². The standard InChI is InChI=1S/C16H20BrNO2/c1-2-20-15-4-3-13(17)9-12(15)10-14-16(19)11-5-7-18(14)8-6-11/h3-4,9-11,16,19H,2,5-8H2,1H3/b14-10-/t16-/m0/s1. The van der Waals surface area contributed by atoms with Gasteiger partial charge in [0, 0.05) is 28.8 Å². The summed E-state index contributed by atoms with van der Waals surface area (Å²) < 4.78 is 6.71. The first-order valence-electron chi connectivity index (χ1n) is 7.26. The molecule has 3 fully saturated rings. The number of rotatable bonds is 3. The van der Waals surface area contributed by atoms with Crippen LogP contribution in [0.3, 0.4) is 0 Å². The van der Waals surface area contributed by atoms with Crippen LogP contribution in [0, 0.1) is 5.92 Å². The summed E-state index contributed by atoms with van der Waals surface area (Å²) in [5.74, 6) is 1.30. The first-order chi connectivity index (χ1) is 9.69. The summed E-state index contributed by atoms with van der Waals surface area (Å²) in [6.07, 6.45) is 3.97. The van der Waals surface area contributed by atoms with Crippen molar-refractivity contribution >= 4 is 22.0 Å². The molecule has 108 valence electrons. The highest BCUT2D eigenvalue weighted by molar-refractivity contribution is 9.10. The lowest BCUT2D eigenvalue weighted by Crippen LogP contribution is -2.48. The van der Waals surface area contributed by atoms with Crippen LogP contribution in [0.5, 0.6) is 5.75 Å². The van der Waals surface area contributed by atoms with Gasteiger partial charge in [0.05, 0.1) is 12.7 Å². The Balaban J connectivity index is 1.96. The zero-order chi connectivity index (χ0) is 14.1. The second-order valence-corrected chi connectivity index (χ2v) is 6.37. The van der Waals surface area contributed by atoms with Crippen molar-refractivity contribution in [3.8, 4) is 5.75 Å². The number of nitrogens with zero attached hydrogens (tertiary/aromatic N) is 1. The normalized spacial score (nSPS) is 27.1. The molecule has 1 atom stereocenters. The van der Waals surface area contributed by atoms with Gasteiger partial charge in [-0.05, 0) is 50.0 Å². The van der Waals surface area contributed by atoms with Crippen molar-refractivity contribution in [3.63, 3.8) is 0 Å². The van der Waals surface area contributed by atoms with Crippen LogP contribution in [0.4, 0.5) is 0 Å². The van der Waals surface area contributed by atoms with Crippen LogP contribution in [-0.4, -0.2) is 35.8 Å². The summed E-state index contributed by atoms with van der Waals surface area (Å²) >= 11 is 3.51. The molecule has 2 bridgehead atoms. The molecule has 1 aromatic carbocycles. The monoisotopic (exact) mass is 337 g/mol. The van der Waals surface area contributed by atoms with Crippen LogP contribution in [0.1, 0.15) is 25.3 Å². The predicted molar refractivity (Wildman–Crippen MR) is 83.6 cm³/mol. The molecule has 3 heterocycles. The zero-order valence-electron chi connectivity index (χ0n) is 11.7. The SMILES string of the molecule is CCOc1ccc(Br)cc1/C=C1/[C@@H](O)C2CCN1CC2. The average molecular weight is 338 g/mol. The summed E-state index contributed by atoms with van der Waals surface area (Å²) in [5.41, 5.74) is 2.08. The molecule has 3 aliphatic rings. The molecule has 0 amide bonds. The molecular formula is C16H20BrNO2. The molecule has 3 saturated heterocycles. The van der Waals surface area contributed by atoms with Crippen molar-refractivity contribution in [2.45, 2.75) is 25.9 Å². The van der Waals surface area contributed by atoms with E-state index in [4.69, 9.17) is 4.74 Å². The zero-order valence-corrected chi connectivity index (χ0v) is 13.3. The maximum absolute atomic E-state index is 10.4. The second-order valence-electron chi connectivity index (χ2n) is 5.45. The molecule has 4 heteroatoms. The lowest BCUT2D eigenvalue weighted by atomic mass is 9.83. The van der Waals surface area contributed by atoms with Crippen LogP contribution >= 0.6 is 15.9 Å². The van der Waals surface area contributed by atoms with Gasteiger partial charge in [-0.2, -0.15) is 0 Å². The van der Waals surface area contributed by atoms with Gasteiger partial charge in [0.15, 0.2) is 0 Å². The van der Waals surface area contributed by atoms with Gasteiger partial charge in [-0.3, -0.25) is 0 Å². The lowest BCUT2D eigenvalue weighted by Gasteiger charge is -2.46. The molecule has 0 unspecified atom stereocenters. The van der Waals surface area contributed by atoms with Crippen molar-refractivity contribution in [1.82, 2.24) is 4.90 Å². The minimum absolute atomic E-state index is 0.328. The fourth-order valence-electron chi connectivity index (χ4n) is 3.16. The Morgan fingerprint density at radius 1 is 1.40 bits per heavy atom. The average Bonchev–Trinajstić information content (AvgIpc) is 2.46. The van der Waals surface area contributed by atoms with Crippen LogP contribution in [0.2, 0.25) is 0 Å². The molecule has 1 N–H and O–H groups in total. The summed E-state index contributed by atoms with van der Waals surface area (Å²) in [6, 6.07) is 6.01. The van der Waals surface area contributed by atoms with Gasteiger partial charge >= 0.3 is 0 Å². The topological polar surface area (TPSA) is 32.7 Å². The van der Waals surface area contributed by atoms with Crippen LogP contribution in [-0.2, 0) is 0 Å². The predicted octanol–water partition coefficient (Wildman–Crippen LogP) is 3.28. The Morgan fingerprint density at radius 2 is 2.15 bits per heavy atom. The van der Waals surface area contributed by atoms with E-state index in [0.29, 0.717) is 12.5 Å². The van der Waals surface area contributed by atoms with Gasteiger partial charge in [0.1, 0.15) is 5.75 Å². The summed E-state index contributed by atoms with van der Waals surface area (Å²) in [5, 5.41) is 10.4. The number of piperidine rings is 3. The number of aliphatic hydroxyl groups is 1. The Morgan fingerprint density at radius 3 is 2.80 bits per heavy atom. The maximum Gasteiger partial charge on any atom is 0.126 e. The number of aliphatic hydroxyl groups excluding tert-OH is 1. The highest BCUT2D eigenvalue weighted by atomic mass is 79.9. The quantitative estimate of drug-likeness (QED) is 0.918. The Bertz CT molecular complexity index is 517.